The summed E-state index contributed by atoms with van der Waals surface area (Å²) in [4.78, 5) is 0. The van der Waals surface area contributed by atoms with Crippen LogP contribution >= 0.6 is 0 Å². The summed E-state index contributed by atoms with van der Waals surface area (Å²) in [5, 5.41) is 9.53. The largest absolute Gasteiger partial charge is 0.365 e. The molecule has 0 atom stereocenters. The van der Waals surface area contributed by atoms with Crippen LogP contribution in [0.15, 0.2) is 5.16 Å². The van der Waals surface area contributed by atoms with Crippen LogP contribution in [0.2, 0.25) is 0 Å². The Morgan fingerprint density at radius 1 is 1.28 bits per heavy atom. The quantitative estimate of drug-likeness (QED) is 0.833. The van der Waals surface area contributed by atoms with Crippen molar-refractivity contribution in [2.45, 2.75) is 37.4 Å². The lowest BCUT2D eigenvalue weighted by molar-refractivity contribution is -0.143. The Morgan fingerprint density at radius 2 is 1.78 bits per heavy atom. The Bertz CT molecular complexity index is 540. The number of primary sulfonamides is 1. The number of hydrogen-bond donors (Lipinski definition) is 1. The average Bonchev–Trinajstić information content (AvgIpc) is 2.60. The molecule has 0 aliphatic heterocycles. The normalized spacial score (nSPS) is 13.6. The number of nitrogens with two attached hydrogens (primary N) is 1. The number of rotatable bonds is 4. The van der Waals surface area contributed by atoms with Crippen molar-refractivity contribution in [3.63, 3.8) is 0 Å². The fourth-order valence-corrected chi connectivity index (χ4v) is 1.99. The molecule has 0 aliphatic rings. The van der Waals surface area contributed by atoms with Crippen molar-refractivity contribution in [3.05, 3.63) is 5.82 Å². The number of aromatic nitrogens is 3. The van der Waals surface area contributed by atoms with E-state index in [9.17, 15) is 26.0 Å². The topological polar surface area (TPSA) is 90.9 Å². The van der Waals surface area contributed by atoms with Crippen molar-refractivity contribution in [2.24, 2.45) is 5.14 Å². The van der Waals surface area contributed by atoms with Crippen LogP contribution in [0.5, 0.6) is 0 Å². The van der Waals surface area contributed by atoms with Gasteiger partial charge in [0.05, 0.1) is 0 Å². The van der Waals surface area contributed by atoms with E-state index >= 15 is 0 Å². The molecule has 0 amide bonds. The predicted molar refractivity (Wildman–Crippen MR) is 51.7 cm³/mol. The molecule has 1 aromatic heterocycles. The van der Waals surface area contributed by atoms with Gasteiger partial charge in [-0.25, -0.2) is 22.3 Å². The molecule has 6 nitrogen and oxygen atoms in total. The molecule has 104 valence electrons. The average molecular weight is 290 g/mol. The summed E-state index contributed by atoms with van der Waals surface area (Å²) in [7, 11) is -4.43. The van der Waals surface area contributed by atoms with Crippen LogP contribution in [0.3, 0.4) is 0 Å². The van der Waals surface area contributed by atoms with E-state index in [0.29, 0.717) is 4.57 Å². The van der Waals surface area contributed by atoms with Crippen molar-refractivity contribution in [2.75, 3.05) is 0 Å². The highest BCUT2D eigenvalue weighted by atomic mass is 32.2. The molecule has 0 bridgehead atoms. The van der Waals surface area contributed by atoms with Gasteiger partial charge in [-0.2, -0.15) is 8.78 Å². The highest BCUT2D eigenvalue weighted by Gasteiger charge is 2.49. The van der Waals surface area contributed by atoms with Crippen molar-refractivity contribution in [1.29, 1.82) is 0 Å². The molecule has 0 spiro atoms. The minimum absolute atomic E-state index is 0.376. The second-order valence-corrected chi connectivity index (χ2v) is 5.19. The number of alkyl halides is 4. The molecule has 1 aromatic rings. The van der Waals surface area contributed by atoms with Gasteiger partial charge in [-0.3, -0.25) is 4.57 Å². The molecule has 2 N–H and O–H groups in total. The molecule has 0 saturated heterocycles. The summed E-state index contributed by atoms with van der Waals surface area (Å²) in [5.41, 5.74) is 0. The van der Waals surface area contributed by atoms with Crippen molar-refractivity contribution < 1.29 is 26.0 Å². The summed E-state index contributed by atoms with van der Waals surface area (Å²) in [6, 6.07) is -0.882. The zero-order valence-corrected chi connectivity index (χ0v) is 10.1. The summed E-state index contributed by atoms with van der Waals surface area (Å²) >= 11 is 0. The first kappa shape index (κ1) is 14.8. The van der Waals surface area contributed by atoms with Crippen LogP contribution in [-0.4, -0.2) is 29.6 Å². The third-order valence-corrected chi connectivity index (χ3v) is 2.79. The molecular weight excluding hydrogens is 280 g/mol. The van der Waals surface area contributed by atoms with Crippen LogP contribution in [0, 0.1) is 0 Å². The van der Waals surface area contributed by atoms with Gasteiger partial charge in [0.2, 0.25) is 5.82 Å². The molecule has 0 aliphatic carbocycles. The van der Waals surface area contributed by atoms with Crippen molar-refractivity contribution in [3.8, 4) is 0 Å². The van der Waals surface area contributed by atoms with E-state index in [4.69, 9.17) is 5.14 Å². The van der Waals surface area contributed by atoms with E-state index in [0.717, 1.165) is 0 Å². The maximum Gasteiger partial charge on any atom is 0.365 e. The Morgan fingerprint density at radius 3 is 2.11 bits per heavy atom. The molecule has 0 unspecified atom stereocenters. The van der Waals surface area contributed by atoms with Gasteiger partial charge in [0.25, 0.3) is 15.2 Å². The van der Waals surface area contributed by atoms with E-state index in [1.165, 1.54) is 13.8 Å². The lowest BCUT2D eigenvalue weighted by Gasteiger charge is -2.18. The standard InChI is InChI=1S/C7H10F4N4O2S/c1-3(2)15-5(7(10,11)4(8)9)13-14-6(15)18(12,16)17/h3-4H,1-2H3,(H2,12,16,17). The molecule has 1 rings (SSSR count). The van der Waals surface area contributed by atoms with E-state index < -0.39 is 39.4 Å². The zero-order chi connectivity index (χ0) is 14.3. The Balaban J connectivity index is 3.55. The molecular formula is C7H10F4N4O2S. The first-order valence-corrected chi connectivity index (χ1v) is 6.18. The van der Waals surface area contributed by atoms with E-state index in [-0.39, 0.29) is 0 Å². The molecule has 1 heterocycles. The highest BCUT2D eigenvalue weighted by molar-refractivity contribution is 7.89. The van der Waals surface area contributed by atoms with Gasteiger partial charge >= 0.3 is 12.3 Å². The van der Waals surface area contributed by atoms with Crippen LogP contribution in [-0.2, 0) is 15.9 Å². The molecule has 11 heteroatoms. The van der Waals surface area contributed by atoms with Crippen molar-refractivity contribution >= 4 is 10.0 Å². The minimum Gasteiger partial charge on any atom is -0.293 e. The molecule has 18 heavy (non-hydrogen) atoms. The summed E-state index contributed by atoms with van der Waals surface area (Å²) in [6.45, 7) is 2.62. The minimum atomic E-state index is -4.61. The lowest BCUT2D eigenvalue weighted by Crippen LogP contribution is -2.30. The Hall–Kier alpha value is -1.23. The first-order chi connectivity index (χ1) is 7.99. The fraction of sp³-hybridized carbons (Fsp3) is 0.714. The maximum atomic E-state index is 13.2. The second kappa shape index (κ2) is 4.46. The molecule has 0 aromatic carbocycles. The van der Waals surface area contributed by atoms with Crippen molar-refractivity contribution in [1.82, 2.24) is 14.8 Å². The third kappa shape index (κ3) is 2.46. The van der Waals surface area contributed by atoms with E-state index in [2.05, 4.69) is 10.2 Å². The van der Waals surface area contributed by atoms with Crippen LogP contribution in [0.25, 0.3) is 0 Å². The number of hydrogen-bond acceptors (Lipinski definition) is 4. The van der Waals surface area contributed by atoms with Crippen LogP contribution in [0.4, 0.5) is 17.6 Å². The van der Waals surface area contributed by atoms with Gasteiger partial charge in [0.15, 0.2) is 0 Å². The molecule has 0 fully saturated rings. The Kier molecular flexibility index (Phi) is 3.68. The maximum absolute atomic E-state index is 13.2. The van der Waals surface area contributed by atoms with E-state index in [1.807, 2.05) is 0 Å². The summed E-state index contributed by atoms with van der Waals surface area (Å²) in [6.07, 6.45) is -4.03. The lowest BCUT2D eigenvalue weighted by atomic mass is 10.3. The van der Waals surface area contributed by atoms with E-state index in [1.54, 1.807) is 0 Å². The highest BCUT2D eigenvalue weighted by Crippen LogP contribution is 2.35. The summed E-state index contributed by atoms with van der Waals surface area (Å²) in [5.74, 6) is -6.04. The third-order valence-electron chi connectivity index (χ3n) is 2.01. The number of nitrogens with zero attached hydrogens (tertiary/aromatic N) is 3. The smallest absolute Gasteiger partial charge is 0.293 e. The molecule has 0 radical (unpaired) electrons. The number of sulfonamides is 1. The summed E-state index contributed by atoms with van der Waals surface area (Å²) < 4.78 is 73.4. The SMILES string of the molecule is CC(C)n1c(C(F)(F)C(F)F)nnc1S(N)(=O)=O. The van der Waals surface area contributed by atoms with Gasteiger partial charge in [0.1, 0.15) is 0 Å². The monoisotopic (exact) mass is 290 g/mol. The fourth-order valence-electron chi connectivity index (χ4n) is 1.26. The van der Waals surface area contributed by atoms with Gasteiger partial charge in [0, 0.05) is 6.04 Å². The number of halogens is 4. The van der Waals surface area contributed by atoms with Gasteiger partial charge in [-0.15, -0.1) is 10.2 Å². The van der Waals surface area contributed by atoms with Gasteiger partial charge in [-0.1, -0.05) is 0 Å². The van der Waals surface area contributed by atoms with Crippen LogP contribution in [0.1, 0.15) is 25.7 Å². The van der Waals surface area contributed by atoms with Gasteiger partial charge < -0.3 is 0 Å². The van der Waals surface area contributed by atoms with Crippen LogP contribution < -0.4 is 5.14 Å². The zero-order valence-electron chi connectivity index (χ0n) is 9.31. The molecule has 0 saturated carbocycles. The first-order valence-electron chi connectivity index (χ1n) is 4.63. The Labute approximate surface area is 99.8 Å². The second-order valence-electron chi connectivity index (χ2n) is 3.74. The predicted octanol–water partition coefficient (Wildman–Crippen LogP) is 0.863. The van der Waals surface area contributed by atoms with Gasteiger partial charge in [-0.05, 0) is 13.8 Å².